The molecule has 120 valence electrons. The Kier molecular flexibility index (Phi) is 4.87. The van der Waals surface area contributed by atoms with Crippen molar-refractivity contribution in [3.8, 4) is 11.4 Å². The normalized spacial score (nSPS) is 11.7. The van der Waals surface area contributed by atoms with Crippen LogP contribution in [0.4, 0.5) is 5.69 Å². The Balaban J connectivity index is 2.21. The van der Waals surface area contributed by atoms with Gasteiger partial charge < -0.3 is 21.1 Å². The summed E-state index contributed by atoms with van der Waals surface area (Å²) in [6.07, 6.45) is -0.460. The maximum atomic E-state index is 11.8. The second-order valence-electron chi connectivity index (χ2n) is 5.01. The Morgan fingerprint density at radius 3 is 2.78 bits per heavy atom. The Hall–Kier alpha value is -3.00. The van der Waals surface area contributed by atoms with Crippen molar-refractivity contribution in [2.75, 3.05) is 5.32 Å². The average Bonchev–Trinajstić information content (AvgIpc) is 2.45. The van der Waals surface area contributed by atoms with Crippen molar-refractivity contribution >= 4 is 17.6 Å². The molecule has 1 aromatic carbocycles. The van der Waals surface area contributed by atoms with E-state index in [9.17, 15) is 14.4 Å². The Morgan fingerprint density at radius 1 is 1.39 bits per heavy atom. The van der Waals surface area contributed by atoms with E-state index in [1.165, 1.54) is 6.07 Å². The van der Waals surface area contributed by atoms with E-state index in [1.54, 1.807) is 31.2 Å². The lowest BCUT2D eigenvalue weighted by Gasteiger charge is -2.11. The van der Waals surface area contributed by atoms with Gasteiger partial charge in [-0.2, -0.15) is 0 Å². The number of hydrogen-bond donors (Lipinski definition) is 4. The highest BCUT2D eigenvalue weighted by Gasteiger charge is 2.17. The molecule has 5 N–H and O–H groups in total. The third-order valence-corrected chi connectivity index (χ3v) is 3.00. The van der Waals surface area contributed by atoms with Crippen LogP contribution in [-0.2, 0) is 9.59 Å². The summed E-state index contributed by atoms with van der Waals surface area (Å²) in [7, 11) is 0. The maximum absolute atomic E-state index is 11.8. The molecule has 0 saturated carbocycles. The molecular weight excluding hydrogens is 300 g/mol. The maximum Gasteiger partial charge on any atom is 0.305 e. The van der Waals surface area contributed by atoms with E-state index < -0.39 is 24.3 Å². The molecule has 2 rings (SSSR count). The molecule has 8 heteroatoms. The van der Waals surface area contributed by atoms with Crippen molar-refractivity contribution in [3.63, 3.8) is 0 Å². The van der Waals surface area contributed by atoms with Gasteiger partial charge in [0.25, 0.3) is 5.56 Å². The quantitative estimate of drug-likeness (QED) is 0.633. The number of aliphatic carboxylic acids is 1. The number of carbonyl (C=O) groups is 2. The number of carboxylic acid groups (broad SMARTS) is 1. The van der Waals surface area contributed by atoms with E-state index in [2.05, 4.69) is 15.3 Å². The van der Waals surface area contributed by atoms with Crippen LogP contribution in [0.1, 0.15) is 12.1 Å². The summed E-state index contributed by atoms with van der Waals surface area (Å²) in [6, 6.07) is 6.88. The molecule has 1 amide bonds. The van der Waals surface area contributed by atoms with E-state index in [0.29, 0.717) is 22.8 Å². The van der Waals surface area contributed by atoms with Crippen LogP contribution in [0.5, 0.6) is 0 Å². The molecule has 1 aromatic heterocycles. The highest BCUT2D eigenvalue weighted by molar-refractivity contribution is 5.97. The number of carboxylic acids is 1. The Labute approximate surface area is 131 Å². The molecule has 1 atom stereocenters. The molecule has 0 spiro atoms. The number of amides is 1. The van der Waals surface area contributed by atoms with Gasteiger partial charge in [-0.25, -0.2) is 4.98 Å². The third-order valence-electron chi connectivity index (χ3n) is 3.00. The molecule has 0 aliphatic rings. The zero-order chi connectivity index (χ0) is 17.0. The summed E-state index contributed by atoms with van der Waals surface area (Å²) in [4.78, 5) is 40.7. The van der Waals surface area contributed by atoms with Gasteiger partial charge in [-0.05, 0) is 19.1 Å². The second-order valence-corrected chi connectivity index (χ2v) is 5.01. The summed E-state index contributed by atoms with van der Waals surface area (Å²) in [5.41, 5.74) is 6.84. The fourth-order valence-corrected chi connectivity index (χ4v) is 1.98. The SMILES string of the molecule is Cc1cc(=O)[nH]c(-c2cccc(NC(=O)[C@@H](N)CC(=O)O)c2)n1. The van der Waals surface area contributed by atoms with Gasteiger partial charge in [-0.1, -0.05) is 12.1 Å². The first kappa shape index (κ1) is 16.4. The first-order chi connectivity index (χ1) is 10.8. The molecule has 23 heavy (non-hydrogen) atoms. The van der Waals surface area contributed by atoms with E-state index in [4.69, 9.17) is 10.8 Å². The predicted molar refractivity (Wildman–Crippen MR) is 83.9 cm³/mol. The number of carbonyl (C=O) groups excluding carboxylic acids is 1. The summed E-state index contributed by atoms with van der Waals surface area (Å²) in [5, 5.41) is 11.2. The van der Waals surface area contributed by atoms with Gasteiger partial charge in [0.15, 0.2) is 0 Å². The smallest absolute Gasteiger partial charge is 0.305 e. The third kappa shape index (κ3) is 4.48. The first-order valence-electron chi connectivity index (χ1n) is 6.82. The summed E-state index contributed by atoms with van der Waals surface area (Å²) >= 11 is 0. The first-order valence-corrected chi connectivity index (χ1v) is 6.82. The van der Waals surface area contributed by atoms with E-state index >= 15 is 0 Å². The summed E-state index contributed by atoms with van der Waals surface area (Å²) in [5.74, 6) is -1.38. The number of aryl methyl sites for hydroxylation is 1. The molecule has 2 aromatic rings. The molecule has 1 heterocycles. The highest BCUT2D eigenvalue weighted by atomic mass is 16.4. The van der Waals surface area contributed by atoms with Gasteiger partial charge in [0, 0.05) is 23.0 Å². The Morgan fingerprint density at radius 2 is 2.13 bits per heavy atom. The van der Waals surface area contributed by atoms with Gasteiger partial charge in [-0.15, -0.1) is 0 Å². The molecule has 0 aliphatic carbocycles. The van der Waals surface area contributed by atoms with Crippen LogP contribution in [0, 0.1) is 6.92 Å². The molecule has 0 radical (unpaired) electrons. The monoisotopic (exact) mass is 316 g/mol. The largest absolute Gasteiger partial charge is 0.481 e. The lowest BCUT2D eigenvalue weighted by atomic mass is 10.1. The molecular formula is C15H16N4O4. The molecule has 8 nitrogen and oxygen atoms in total. The van der Waals surface area contributed by atoms with E-state index in [-0.39, 0.29) is 5.56 Å². The number of nitrogens with zero attached hydrogens (tertiary/aromatic N) is 1. The summed E-state index contributed by atoms with van der Waals surface area (Å²) < 4.78 is 0. The zero-order valence-electron chi connectivity index (χ0n) is 12.4. The number of H-pyrrole nitrogens is 1. The minimum absolute atomic E-state index is 0.273. The topological polar surface area (TPSA) is 138 Å². The minimum atomic E-state index is -1.15. The fraction of sp³-hybridized carbons (Fsp3) is 0.200. The van der Waals surface area contributed by atoms with Crippen LogP contribution in [0.3, 0.4) is 0 Å². The van der Waals surface area contributed by atoms with Crippen molar-refractivity contribution in [2.45, 2.75) is 19.4 Å². The number of nitrogens with two attached hydrogens (primary N) is 1. The summed E-state index contributed by atoms with van der Waals surface area (Å²) in [6.45, 7) is 1.70. The zero-order valence-corrected chi connectivity index (χ0v) is 12.4. The van der Waals surface area contributed by atoms with Gasteiger partial charge in [0.05, 0.1) is 12.5 Å². The molecule has 0 saturated heterocycles. The highest BCUT2D eigenvalue weighted by Crippen LogP contribution is 2.19. The van der Waals surface area contributed by atoms with Crippen LogP contribution in [0.15, 0.2) is 35.1 Å². The average molecular weight is 316 g/mol. The number of anilines is 1. The molecule has 0 unspecified atom stereocenters. The molecule has 0 bridgehead atoms. The van der Waals surface area contributed by atoms with Gasteiger partial charge in [0.2, 0.25) is 5.91 Å². The van der Waals surface area contributed by atoms with E-state index in [0.717, 1.165) is 0 Å². The molecule has 0 fully saturated rings. The van der Waals surface area contributed by atoms with Gasteiger partial charge in [-0.3, -0.25) is 14.4 Å². The van der Waals surface area contributed by atoms with Crippen LogP contribution >= 0.6 is 0 Å². The van der Waals surface area contributed by atoms with Crippen LogP contribution < -0.4 is 16.6 Å². The lowest BCUT2D eigenvalue weighted by Crippen LogP contribution is -2.37. The molecule has 0 aliphatic heterocycles. The second kappa shape index (κ2) is 6.84. The van der Waals surface area contributed by atoms with Crippen molar-refractivity contribution in [2.24, 2.45) is 5.73 Å². The fourth-order valence-electron chi connectivity index (χ4n) is 1.98. The number of aromatic amines is 1. The number of hydrogen-bond acceptors (Lipinski definition) is 5. The minimum Gasteiger partial charge on any atom is -0.481 e. The van der Waals surface area contributed by atoms with E-state index in [1.807, 2.05) is 0 Å². The van der Waals surface area contributed by atoms with Crippen LogP contribution in [-0.4, -0.2) is 33.0 Å². The van der Waals surface area contributed by atoms with Crippen LogP contribution in [0.25, 0.3) is 11.4 Å². The van der Waals surface area contributed by atoms with Crippen molar-refractivity contribution < 1.29 is 14.7 Å². The van der Waals surface area contributed by atoms with Crippen molar-refractivity contribution in [1.82, 2.24) is 9.97 Å². The predicted octanol–water partition coefficient (Wildman–Crippen LogP) is 0.486. The number of benzene rings is 1. The number of nitrogens with one attached hydrogen (secondary N) is 2. The standard InChI is InChI=1S/C15H16N4O4/c1-8-5-12(20)19-14(17-8)9-3-2-4-10(6-9)18-15(23)11(16)7-13(21)22/h2-6,11H,7,16H2,1H3,(H,18,23)(H,21,22)(H,17,19,20)/t11-/m0/s1. The lowest BCUT2D eigenvalue weighted by molar-refractivity contribution is -0.138. The van der Waals surface area contributed by atoms with Crippen molar-refractivity contribution in [1.29, 1.82) is 0 Å². The number of rotatable bonds is 5. The van der Waals surface area contributed by atoms with Gasteiger partial charge >= 0.3 is 5.97 Å². The van der Waals surface area contributed by atoms with Crippen LogP contribution in [0.2, 0.25) is 0 Å². The van der Waals surface area contributed by atoms with Crippen molar-refractivity contribution in [3.05, 3.63) is 46.4 Å². The number of aromatic nitrogens is 2. The van der Waals surface area contributed by atoms with Gasteiger partial charge in [0.1, 0.15) is 5.82 Å². The Bertz CT molecular complexity index is 800.